The summed E-state index contributed by atoms with van der Waals surface area (Å²) in [7, 11) is 0. The SMILES string of the molecule is C=C(c1ccc(C2=C=C(C#N)C=CC=C2)cc1C)C(C)CC1CCCN1CCCN.CCCc1cccc(F)c1. The van der Waals surface area contributed by atoms with Gasteiger partial charge in [0.15, 0.2) is 0 Å². The molecule has 0 aromatic heterocycles. The molecule has 2 aromatic carbocycles. The van der Waals surface area contributed by atoms with Crippen LogP contribution in [0.1, 0.15) is 68.2 Å². The molecule has 0 radical (unpaired) electrons. The average Bonchev–Trinajstić information content (AvgIpc) is 3.24. The van der Waals surface area contributed by atoms with E-state index in [0.29, 0.717) is 17.5 Å². The zero-order valence-corrected chi connectivity index (χ0v) is 24.4. The van der Waals surface area contributed by atoms with Crippen molar-refractivity contribution in [3.63, 3.8) is 0 Å². The summed E-state index contributed by atoms with van der Waals surface area (Å²) in [4.78, 5) is 2.62. The number of hydrogen-bond acceptors (Lipinski definition) is 3. The maximum absolute atomic E-state index is 12.5. The van der Waals surface area contributed by atoms with Crippen LogP contribution >= 0.6 is 0 Å². The molecular formula is C36H44FN3. The van der Waals surface area contributed by atoms with Gasteiger partial charge in [0, 0.05) is 11.6 Å². The van der Waals surface area contributed by atoms with Crippen LogP contribution in [0.2, 0.25) is 0 Å². The van der Waals surface area contributed by atoms with Crippen LogP contribution in [-0.2, 0) is 6.42 Å². The first kappa shape index (κ1) is 31.1. The number of nitrogens with two attached hydrogens (primary N) is 1. The summed E-state index contributed by atoms with van der Waals surface area (Å²) in [5.74, 6) is 0.301. The first-order chi connectivity index (χ1) is 19.4. The Morgan fingerprint density at radius 2 is 2.02 bits per heavy atom. The van der Waals surface area contributed by atoms with Crippen LogP contribution in [0, 0.1) is 30.0 Å². The van der Waals surface area contributed by atoms with Crippen LogP contribution in [0.3, 0.4) is 0 Å². The fourth-order valence-electron chi connectivity index (χ4n) is 5.50. The van der Waals surface area contributed by atoms with Crippen LogP contribution < -0.4 is 5.73 Å². The van der Waals surface area contributed by atoms with Gasteiger partial charge in [-0.1, -0.05) is 75.1 Å². The standard InChI is InChI=1S/C27H33N3.C9H11F/c1-20(17-26-10-6-14-30(26)15-7-13-28)22(3)27-12-11-25(16-21(27)2)24-9-5-4-8-23(18-24)19-29;1-2-4-8-5-3-6-9(10)7-8/h4-5,8-9,11-12,16,20,26H,3,6-7,10,13-15,17,28H2,1-2H3;3,5-7H,2,4H2,1H3. The van der Waals surface area contributed by atoms with E-state index in [1.165, 1.54) is 42.2 Å². The molecule has 0 bridgehead atoms. The van der Waals surface area contributed by atoms with E-state index in [0.717, 1.165) is 55.5 Å². The minimum absolute atomic E-state index is 0.133. The third-order valence-electron chi connectivity index (χ3n) is 7.71. The summed E-state index contributed by atoms with van der Waals surface area (Å²) in [5.41, 5.74) is 16.2. The molecule has 4 rings (SSSR count). The van der Waals surface area contributed by atoms with Crippen molar-refractivity contribution in [1.82, 2.24) is 4.90 Å². The van der Waals surface area contributed by atoms with Gasteiger partial charge in [-0.3, -0.25) is 0 Å². The number of aryl methyl sites for hydroxylation is 2. The molecule has 2 aliphatic rings. The summed E-state index contributed by atoms with van der Waals surface area (Å²) in [6.07, 6.45) is 14.5. The maximum Gasteiger partial charge on any atom is 0.123 e. The number of rotatable bonds is 10. The third kappa shape index (κ3) is 9.04. The molecule has 0 spiro atoms. The molecule has 3 nitrogen and oxygen atoms in total. The zero-order chi connectivity index (χ0) is 28.9. The topological polar surface area (TPSA) is 53.0 Å². The highest BCUT2D eigenvalue weighted by molar-refractivity contribution is 5.78. The van der Waals surface area contributed by atoms with E-state index < -0.39 is 0 Å². The first-order valence-corrected chi connectivity index (χ1v) is 14.6. The summed E-state index contributed by atoms with van der Waals surface area (Å²) >= 11 is 0. The Bertz CT molecular complexity index is 1320. The van der Waals surface area contributed by atoms with Crippen LogP contribution in [0.5, 0.6) is 0 Å². The van der Waals surface area contributed by atoms with Gasteiger partial charge in [0.05, 0.1) is 5.57 Å². The number of allylic oxidation sites excluding steroid dienone is 6. The fraction of sp³-hybridized carbons (Fsp3) is 0.389. The van der Waals surface area contributed by atoms with Gasteiger partial charge in [0.25, 0.3) is 0 Å². The van der Waals surface area contributed by atoms with Crippen LogP contribution in [0.15, 0.2) is 84.7 Å². The highest BCUT2D eigenvalue weighted by Gasteiger charge is 2.26. The number of nitriles is 1. The Kier molecular flexibility index (Phi) is 12.4. The highest BCUT2D eigenvalue weighted by atomic mass is 19.1. The number of nitrogens with zero attached hydrogens (tertiary/aromatic N) is 2. The van der Waals surface area contributed by atoms with Crippen molar-refractivity contribution >= 4 is 11.1 Å². The smallest absolute Gasteiger partial charge is 0.123 e. The summed E-state index contributed by atoms with van der Waals surface area (Å²) < 4.78 is 12.5. The molecule has 0 amide bonds. The van der Waals surface area contributed by atoms with E-state index in [9.17, 15) is 9.65 Å². The van der Waals surface area contributed by atoms with E-state index in [1.54, 1.807) is 18.2 Å². The van der Waals surface area contributed by atoms with Gasteiger partial charge in [0.1, 0.15) is 11.9 Å². The van der Waals surface area contributed by atoms with Crippen molar-refractivity contribution in [1.29, 1.82) is 5.26 Å². The second-order valence-electron chi connectivity index (χ2n) is 10.8. The molecule has 2 aromatic rings. The lowest BCUT2D eigenvalue weighted by Gasteiger charge is -2.28. The molecular weight excluding hydrogens is 493 g/mol. The van der Waals surface area contributed by atoms with Gasteiger partial charge in [-0.15, -0.1) is 0 Å². The quantitative estimate of drug-likeness (QED) is 0.311. The molecule has 1 aliphatic carbocycles. The Hall–Kier alpha value is -3.48. The lowest BCUT2D eigenvalue weighted by molar-refractivity contribution is 0.231. The van der Waals surface area contributed by atoms with E-state index >= 15 is 0 Å². The van der Waals surface area contributed by atoms with Gasteiger partial charge >= 0.3 is 0 Å². The zero-order valence-electron chi connectivity index (χ0n) is 24.4. The molecule has 2 unspecified atom stereocenters. The molecule has 40 heavy (non-hydrogen) atoms. The lowest BCUT2D eigenvalue weighted by atomic mass is 9.86. The fourth-order valence-corrected chi connectivity index (χ4v) is 5.50. The van der Waals surface area contributed by atoms with Crippen molar-refractivity contribution in [2.45, 2.75) is 65.3 Å². The molecule has 1 fully saturated rings. The lowest BCUT2D eigenvalue weighted by Crippen LogP contribution is -2.32. The number of halogens is 1. The summed E-state index contributed by atoms with van der Waals surface area (Å²) in [5, 5.41) is 9.23. The van der Waals surface area contributed by atoms with Crippen LogP contribution in [0.4, 0.5) is 4.39 Å². The number of hydrogen-bond donors (Lipinski definition) is 1. The normalized spacial score (nSPS) is 17.2. The maximum atomic E-state index is 12.5. The monoisotopic (exact) mass is 537 g/mol. The van der Waals surface area contributed by atoms with Crippen molar-refractivity contribution in [3.8, 4) is 6.07 Å². The third-order valence-corrected chi connectivity index (χ3v) is 7.71. The molecule has 2 N–H and O–H groups in total. The second kappa shape index (κ2) is 15.9. The van der Waals surface area contributed by atoms with Crippen molar-refractivity contribution in [2.75, 3.05) is 19.6 Å². The average molecular weight is 538 g/mol. The summed E-state index contributed by atoms with van der Waals surface area (Å²) in [6.45, 7) is 14.1. The van der Waals surface area contributed by atoms with Gasteiger partial charge in [-0.25, -0.2) is 4.39 Å². The Morgan fingerprint density at radius 1 is 1.23 bits per heavy atom. The van der Waals surface area contributed by atoms with Crippen molar-refractivity contribution in [2.24, 2.45) is 11.7 Å². The number of benzene rings is 2. The predicted molar refractivity (Wildman–Crippen MR) is 167 cm³/mol. The van der Waals surface area contributed by atoms with Gasteiger partial charge in [-0.05, 0) is 117 Å². The molecule has 210 valence electrons. The minimum Gasteiger partial charge on any atom is -0.330 e. The van der Waals surface area contributed by atoms with Crippen molar-refractivity contribution < 1.29 is 4.39 Å². The van der Waals surface area contributed by atoms with E-state index in [2.05, 4.69) is 62.2 Å². The largest absolute Gasteiger partial charge is 0.330 e. The number of likely N-dealkylation sites (tertiary alicyclic amines) is 1. The van der Waals surface area contributed by atoms with Crippen LogP contribution in [0.25, 0.3) is 11.1 Å². The predicted octanol–water partition coefficient (Wildman–Crippen LogP) is 8.18. The van der Waals surface area contributed by atoms with E-state index in [-0.39, 0.29) is 5.82 Å². The molecule has 1 saturated heterocycles. The van der Waals surface area contributed by atoms with Crippen LogP contribution in [-0.4, -0.2) is 30.6 Å². The highest BCUT2D eigenvalue weighted by Crippen LogP contribution is 2.33. The van der Waals surface area contributed by atoms with Gasteiger partial charge in [-0.2, -0.15) is 5.26 Å². The Balaban J connectivity index is 0.000000371. The minimum atomic E-state index is -0.133. The van der Waals surface area contributed by atoms with Gasteiger partial charge in [0.2, 0.25) is 0 Å². The first-order valence-electron chi connectivity index (χ1n) is 14.6. The summed E-state index contributed by atoms with van der Waals surface area (Å²) in [6, 6.07) is 16.1. The second-order valence-corrected chi connectivity index (χ2v) is 10.8. The van der Waals surface area contributed by atoms with E-state index in [4.69, 9.17) is 5.73 Å². The molecule has 0 saturated carbocycles. The Labute approximate surface area is 240 Å². The molecule has 2 atom stereocenters. The van der Waals surface area contributed by atoms with Crippen molar-refractivity contribution in [3.05, 3.63) is 113 Å². The molecule has 4 heteroatoms. The van der Waals surface area contributed by atoms with E-state index in [1.807, 2.05) is 24.3 Å². The Morgan fingerprint density at radius 3 is 2.73 bits per heavy atom. The molecule has 1 aliphatic heterocycles. The molecule has 1 heterocycles. The van der Waals surface area contributed by atoms with Gasteiger partial charge < -0.3 is 10.6 Å².